The van der Waals surface area contributed by atoms with E-state index in [0.717, 1.165) is 29.5 Å². The Morgan fingerprint density at radius 1 is 1.21 bits per heavy atom. The van der Waals surface area contributed by atoms with Crippen LogP contribution in [-0.4, -0.2) is 49.2 Å². The first-order chi connectivity index (χ1) is 18.5. The molecule has 39 heavy (non-hydrogen) atoms. The van der Waals surface area contributed by atoms with Crippen molar-refractivity contribution < 1.29 is 27.5 Å². The maximum absolute atomic E-state index is 13.8. The van der Waals surface area contributed by atoms with E-state index in [2.05, 4.69) is 4.98 Å². The van der Waals surface area contributed by atoms with E-state index >= 15 is 0 Å². The average molecular weight is 571 g/mol. The van der Waals surface area contributed by atoms with Gasteiger partial charge in [-0.25, -0.2) is 13.4 Å². The molecule has 0 aliphatic carbocycles. The molecule has 1 unspecified atom stereocenters. The number of ketones is 1. The molecule has 8 nitrogen and oxygen atoms in total. The van der Waals surface area contributed by atoms with Gasteiger partial charge in [0, 0.05) is 19.4 Å². The second-order valence-corrected chi connectivity index (χ2v) is 12.8. The Morgan fingerprint density at radius 3 is 2.62 bits per heavy atom. The number of benzene rings is 2. The highest BCUT2D eigenvalue weighted by molar-refractivity contribution is 7.89. The Bertz CT molecular complexity index is 1480. The summed E-state index contributed by atoms with van der Waals surface area (Å²) in [6.07, 6.45) is 1.36. The molecule has 0 fully saturated rings. The van der Waals surface area contributed by atoms with Crippen molar-refractivity contribution in [2.45, 2.75) is 70.4 Å². The van der Waals surface area contributed by atoms with Crippen molar-refractivity contribution in [2.24, 2.45) is 0 Å². The maximum Gasteiger partial charge on any atom is 0.306 e. The third-order valence-electron chi connectivity index (χ3n) is 6.93. The quantitative estimate of drug-likeness (QED) is 0.250. The molecule has 0 radical (unpaired) electrons. The molecule has 208 valence electrons. The third kappa shape index (κ3) is 6.23. The second kappa shape index (κ2) is 12.0. The lowest BCUT2D eigenvalue weighted by Crippen LogP contribution is -2.36. The standard InChI is InChI=1S/C29H34N2O6S2/c1-6-9-23-17-31(39(34,35)26-11-8-7-10-25(26)37-23)16-22-14-21(13-12-18(22)2)24(15-27(33)36-5)29-30-19(3)28(38-29)20(4)32/h7-8,10-14,23-24H,6,9,15-17H2,1-5H3/t23-,24?/m1/s1. The lowest BCUT2D eigenvalue weighted by Gasteiger charge is -2.24. The average Bonchev–Trinajstić information content (AvgIpc) is 3.25. The van der Waals surface area contributed by atoms with Crippen LogP contribution in [0.5, 0.6) is 5.75 Å². The van der Waals surface area contributed by atoms with Crippen LogP contribution >= 0.6 is 11.3 Å². The first-order valence-electron chi connectivity index (χ1n) is 13.0. The molecule has 2 aromatic carbocycles. The molecule has 0 bridgehead atoms. The molecular formula is C29H34N2O6S2. The Hall–Kier alpha value is -3.08. The Labute approximate surface area is 234 Å². The van der Waals surface area contributed by atoms with E-state index in [9.17, 15) is 18.0 Å². The van der Waals surface area contributed by atoms with Crippen LogP contribution in [0.15, 0.2) is 47.4 Å². The molecular weight excluding hydrogens is 536 g/mol. The first-order valence-corrected chi connectivity index (χ1v) is 15.2. The number of para-hydroxylation sites is 1. The third-order valence-corrected chi connectivity index (χ3v) is 10.2. The van der Waals surface area contributed by atoms with E-state index in [1.165, 1.54) is 29.7 Å². The summed E-state index contributed by atoms with van der Waals surface area (Å²) in [5, 5.41) is 0.644. The zero-order chi connectivity index (χ0) is 28.3. The normalized spacial score (nSPS) is 17.5. The van der Waals surface area contributed by atoms with Crippen molar-refractivity contribution in [3.8, 4) is 5.75 Å². The number of esters is 1. The van der Waals surface area contributed by atoms with Gasteiger partial charge in [0.25, 0.3) is 0 Å². The number of aromatic nitrogens is 1. The van der Waals surface area contributed by atoms with Crippen LogP contribution in [0.3, 0.4) is 0 Å². The predicted octanol–water partition coefficient (Wildman–Crippen LogP) is 5.41. The van der Waals surface area contributed by atoms with Gasteiger partial charge in [0.1, 0.15) is 21.8 Å². The van der Waals surface area contributed by atoms with Crippen molar-refractivity contribution in [1.82, 2.24) is 9.29 Å². The highest BCUT2D eigenvalue weighted by Crippen LogP contribution is 2.36. The second-order valence-electron chi connectivity index (χ2n) is 9.81. The van der Waals surface area contributed by atoms with Crippen molar-refractivity contribution in [3.63, 3.8) is 0 Å². The number of aryl methyl sites for hydroxylation is 2. The molecule has 10 heteroatoms. The SMILES string of the molecule is CCC[C@@H]1CN(Cc2cc(C(CC(=O)OC)c3nc(C)c(C(C)=O)s3)ccc2C)S(=O)(=O)c2ccccc2O1. The summed E-state index contributed by atoms with van der Waals surface area (Å²) in [5.41, 5.74) is 3.18. The number of hydrogen-bond donors (Lipinski definition) is 0. The minimum absolute atomic E-state index is 0.0467. The minimum Gasteiger partial charge on any atom is -0.488 e. The number of thiazole rings is 1. The summed E-state index contributed by atoms with van der Waals surface area (Å²) < 4.78 is 40.1. The minimum atomic E-state index is -3.82. The fraction of sp³-hybridized carbons (Fsp3) is 0.414. The van der Waals surface area contributed by atoms with Crippen LogP contribution in [0.1, 0.15) is 76.1 Å². The van der Waals surface area contributed by atoms with E-state index in [4.69, 9.17) is 9.47 Å². The number of sulfonamides is 1. The molecule has 0 spiro atoms. The predicted molar refractivity (Wildman–Crippen MR) is 150 cm³/mol. The smallest absolute Gasteiger partial charge is 0.306 e. The number of hydrogen-bond acceptors (Lipinski definition) is 8. The molecule has 0 saturated carbocycles. The van der Waals surface area contributed by atoms with Crippen LogP contribution in [-0.2, 0) is 26.1 Å². The molecule has 4 rings (SSSR count). The topological polar surface area (TPSA) is 103 Å². The number of nitrogens with zero attached hydrogens (tertiary/aromatic N) is 2. The van der Waals surface area contributed by atoms with Gasteiger partial charge in [-0.1, -0.05) is 43.7 Å². The molecule has 1 aromatic heterocycles. The van der Waals surface area contributed by atoms with Crippen molar-refractivity contribution in [3.05, 3.63) is 74.7 Å². The van der Waals surface area contributed by atoms with Gasteiger partial charge in [-0.3, -0.25) is 9.59 Å². The zero-order valence-electron chi connectivity index (χ0n) is 22.9. The summed E-state index contributed by atoms with van der Waals surface area (Å²) in [4.78, 5) is 29.8. The van der Waals surface area contributed by atoms with E-state index in [1.54, 1.807) is 31.2 Å². The van der Waals surface area contributed by atoms with Crippen molar-refractivity contribution in [2.75, 3.05) is 13.7 Å². The lowest BCUT2D eigenvalue weighted by atomic mass is 9.93. The summed E-state index contributed by atoms with van der Waals surface area (Å²) in [6.45, 7) is 7.65. The monoisotopic (exact) mass is 570 g/mol. The van der Waals surface area contributed by atoms with Crippen molar-refractivity contribution in [1.29, 1.82) is 0 Å². The number of ether oxygens (including phenoxy) is 2. The van der Waals surface area contributed by atoms with Crippen LogP contribution < -0.4 is 4.74 Å². The fourth-order valence-electron chi connectivity index (χ4n) is 4.82. The summed E-state index contributed by atoms with van der Waals surface area (Å²) in [5.74, 6) is -0.535. The summed E-state index contributed by atoms with van der Waals surface area (Å²) >= 11 is 1.28. The molecule has 2 heterocycles. The summed E-state index contributed by atoms with van der Waals surface area (Å²) in [7, 11) is -2.48. The van der Waals surface area contributed by atoms with E-state index < -0.39 is 21.9 Å². The molecule has 3 aromatic rings. The van der Waals surface area contributed by atoms with Gasteiger partial charge in [-0.15, -0.1) is 11.3 Å². The van der Waals surface area contributed by atoms with Gasteiger partial charge < -0.3 is 9.47 Å². The van der Waals surface area contributed by atoms with Crippen LogP contribution in [0.4, 0.5) is 0 Å². The van der Waals surface area contributed by atoms with Gasteiger partial charge in [0.05, 0.1) is 30.6 Å². The zero-order valence-corrected chi connectivity index (χ0v) is 24.5. The van der Waals surface area contributed by atoms with Gasteiger partial charge >= 0.3 is 5.97 Å². The largest absolute Gasteiger partial charge is 0.488 e. The Morgan fingerprint density at radius 2 is 1.95 bits per heavy atom. The lowest BCUT2D eigenvalue weighted by molar-refractivity contribution is -0.140. The first kappa shape index (κ1) is 28.9. The van der Waals surface area contributed by atoms with Crippen LogP contribution in [0.25, 0.3) is 0 Å². The number of methoxy groups -OCH3 is 1. The van der Waals surface area contributed by atoms with E-state index in [-0.39, 0.29) is 36.3 Å². The van der Waals surface area contributed by atoms with E-state index in [0.29, 0.717) is 21.3 Å². The Balaban J connectivity index is 1.74. The molecule has 0 saturated heterocycles. The molecule has 2 atom stereocenters. The van der Waals surface area contributed by atoms with Gasteiger partial charge in [0.2, 0.25) is 10.0 Å². The Kier molecular flexibility index (Phi) is 8.88. The van der Waals surface area contributed by atoms with Gasteiger partial charge in [-0.2, -0.15) is 4.31 Å². The number of carbonyl (C=O) groups excluding carboxylic acids is 2. The fourth-order valence-corrected chi connectivity index (χ4v) is 7.48. The highest BCUT2D eigenvalue weighted by Gasteiger charge is 2.35. The van der Waals surface area contributed by atoms with E-state index in [1.807, 2.05) is 32.0 Å². The molecule has 1 aliphatic rings. The summed E-state index contributed by atoms with van der Waals surface area (Å²) in [6, 6.07) is 12.6. The molecule has 1 aliphatic heterocycles. The number of rotatable bonds is 9. The van der Waals surface area contributed by atoms with Crippen LogP contribution in [0.2, 0.25) is 0 Å². The highest BCUT2D eigenvalue weighted by atomic mass is 32.2. The van der Waals surface area contributed by atoms with Crippen molar-refractivity contribution >= 4 is 33.1 Å². The number of fused-ring (bicyclic) bond motifs is 1. The van der Waals surface area contributed by atoms with Gasteiger partial charge in [0.15, 0.2) is 5.78 Å². The van der Waals surface area contributed by atoms with Gasteiger partial charge in [-0.05, 0) is 49.1 Å². The molecule has 0 N–H and O–H groups in total. The maximum atomic E-state index is 13.8. The number of carbonyl (C=O) groups is 2. The van der Waals surface area contributed by atoms with Crippen LogP contribution in [0, 0.1) is 13.8 Å². The number of Topliss-reactive ketones (excluding diaryl/α,β-unsaturated/α-hetero) is 1. The molecule has 0 amide bonds.